The van der Waals surface area contributed by atoms with E-state index in [4.69, 9.17) is 15.8 Å². The average molecular weight is 218 g/mol. The molecule has 0 aliphatic rings. The molecule has 0 bridgehead atoms. The summed E-state index contributed by atoms with van der Waals surface area (Å²) in [6, 6.07) is 0. The van der Waals surface area contributed by atoms with Crippen molar-refractivity contribution in [3.8, 4) is 0 Å². The molecule has 0 heterocycles. The molecular weight excluding hydrogens is 192 g/mol. The van der Waals surface area contributed by atoms with E-state index in [1.54, 1.807) is 12.2 Å². The van der Waals surface area contributed by atoms with E-state index < -0.39 is 4.92 Å². The van der Waals surface area contributed by atoms with Gasteiger partial charge in [-0.25, -0.2) is 0 Å². The Balaban J connectivity index is -0.0000000289. The van der Waals surface area contributed by atoms with Crippen LogP contribution in [-0.4, -0.2) is 18.5 Å². The minimum atomic E-state index is -0.500. The molecule has 0 saturated heterocycles. The Morgan fingerprint density at radius 1 is 1.27 bits per heavy atom. The van der Waals surface area contributed by atoms with E-state index >= 15 is 0 Å². The lowest BCUT2D eigenvalue weighted by atomic mass is 10.6. The Bertz CT molecular complexity index is 105. The van der Waals surface area contributed by atoms with E-state index in [2.05, 4.69) is 26.3 Å². The van der Waals surface area contributed by atoms with E-state index in [0.29, 0.717) is 0 Å². The first-order chi connectivity index (χ1) is 7.06. The Hall–Kier alpha value is -1.42. The van der Waals surface area contributed by atoms with Crippen molar-refractivity contribution in [2.24, 2.45) is 5.73 Å². The molecule has 92 valence electrons. The Morgan fingerprint density at radius 3 is 1.33 bits per heavy atom. The molecule has 0 aromatic rings. The first kappa shape index (κ1) is 29.2. The van der Waals surface area contributed by atoms with Gasteiger partial charge in [-0.1, -0.05) is 46.1 Å². The van der Waals surface area contributed by atoms with Gasteiger partial charge in [-0.05, 0) is 6.54 Å². The first-order valence-corrected chi connectivity index (χ1v) is 4.58. The molecule has 0 atom stereocenters. The van der Waals surface area contributed by atoms with E-state index in [-0.39, 0.29) is 0 Å². The predicted octanol–water partition coefficient (Wildman–Crippen LogP) is 3.04. The summed E-state index contributed by atoms with van der Waals surface area (Å²) in [5.41, 5.74) is 4.85. The number of hydrogen-bond acceptors (Lipinski definition) is 3. The Labute approximate surface area is 94.3 Å². The van der Waals surface area contributed by atoms with Crippen LogP contribution < -0.4 is 5.73 Å². The number of nitro groups is 1. The summed E-state index contributed by atoms with van der Waals surface area (Å²) in [6.45, 7) is 19.4. The van der Waals surface area contributed by atoms with Crippen LogP contribution >= 0.6 is 0 Å². The summed E-state index contributed by atoms with van der Waals surface area (Å²) in [6.07, 6.45) is 3.28. The molecule has 4 heteroatoms. The van der Waals surface area contributed by atoms with Crippen LogP contribution in [0.25, 0.3) is 0 Å². The fraction of sp³-hybridized carbons (Fsp3) is 0.455. The number of hydrogen-bond donors (Lipinski definition) is 1. The molecular formula is C11H26N2O2. The summed E-state index contributed by atoms with van der Waals surface area (Å²) in [7, 11) is 0.889. The van der Waals surface area contributed by atoms with Gasteiger partial charge in [0.05, 0.1) is 0 Å². The van der Waals surface area contributed by atoms with Gasteiger partial charge in [-0.15, -0.1) is 13.2 Å². The van der Waals surface area contributed by atoms with Gasteiger partial charge in [-0.3, -0.25) is 10.1 Å². The third-order valence-corrected chi connectivity index (χ3v) is 0.167. The largest absolute Gasteiger partial charge is 0.331 e. The van der Waals surface area contributed by atoms with E-state index in [1.807, 2.05) is 20.8 Å². The zero-order valence-corrected chi connectivity index (χ0v) is 10.5. The quantitative estimate of drug-likeness (QED) is 0.318. The van der Waals surface area contributed by atoms with Crippen LogP contribution in [0.2, 0.25) is 0 Å². The predicted molar refractivity (Wildman–Crippen MR) is 70.6 cm³/mol. The van der Waals surface area contributed by atoms with Crippen LogP contribution in [0.4, 0.5) is 0 Å². The van der Waals surface area contributed by atoms with E-state index in [9.17, 15) is 0 Å². The summed E-state index contributed by atoms with van der Waals surface area (Å²) in [4.78, 5) is 8.31. The SMILES string of the molecule is C=C.C=CC=C.CC.CCN.C[N+](=O)[O-]. The van der Waals surface area contributed by atoms with Crippen molar-refractivity contribution < 1.29 is 4.92 Å². The molecule has 0 aromatic heterocycles. The summed E-state index contributed by atoms with van der Waals surface area (Å²) < 4.78 is 0. The highest BCUT2D eigenvalue weighted by atomic mass is 16.6. The van der Waals surface area contributed by atoms with E-state index in [1.165, 1.54) is 0 Å². The van der Waals surface area contributed by atoms with Gasteiger partial charge in [0.15, 0.2) is 7.05 Å². The van der Waals surface area contributed by atoms with Crippen LogP contribution in [-0.2, 0) is 0 Å². The van der Waals surface area contributed by atoms with Gasteiger partial charge < -0.3 is 5.73 Å². The molecule has 0 aliphatic heterocycles. The number of nitrogens with zero attached hydrogens (tertiary/aromatic N) is 1. The maximum absolute atomic E-state index is 8.81. The Morgan fingerprint density at radius 2 is 1.33 bits per heavy atom. The van der Waals surface area contributed by atoms with Crippen molar-refractivity contribution in [3.05, 3.63) is 48.6 Å². The molecule has 0 fully saturated rings. The topological polar surface area (TPSA) is 69.2 Å². The number of nitrogens with two attached hydrogens (primary N) is 1. The second-order valence-electron chi connectivity index (χ2n) is 1.32. The molecule has 0 saturated carbocycles. The molecule has 0 spiro atoms. The molecule has 15 heavy (non-hydrogen) atoms. The van der Waals surface area contributed by atoms with Crippen LogP contribution in [0, 0.1) is 10.1 Å². The highest BCUT2D eigenvalue weighted by molar-refractivity contribution is 4.88. The van der Waals surface area contributed by atoms with Crippen molar-refractivity contribution in [1.82, 2.24) is 0 Å². The molecule has 0 amide bonds. The summed E-state index contributed by atoms with van der Waals surface area (Å²) in [5.74, 6) is 0. The smallest absolute Gasteiger partial charge is 0.194 e. The van der Waals surface area contributed by atoms with Gasteiger partial charge in [-0.2, -0.15) is 0 Å². The lowest BCUT2D eigenvalue weighted by Gasteiger charge is -1.63. The second-order valence-corrected chi connectivity index (χ2v) is 1.32. The zero-order chi connectivity index (χ0) is 13.7. The standard InChI is InChI=1S/C4H6.C2H7N.C2H6.C2H4.CH3NO2/c1-3-4-2;1-2-3;2*1-2;1-2(3)4/h3-4H,1-2H2;2-3H2,1H3;1-2H3;1-2H2;1H3. The van der Waals surface area contributed by atoms with Crippen LogP contribution in [0.3, 0.4) is 0 Å². The van der Waals surface area contributed by atoms with Crippen LogP contribution in [0.15, 0.2) is 38.5 Å². The molecule has 0 rings (SSSR count). The monoisotopic (exact) mass is 218 g/mol. The van der Waals surface area contributed by atoms with Crippen molar-refractivity contribution in [2.45, 2.75) is 20.8 Å². The zero-order valence-electron chi connectivity index (χ0n) is 10.5. The minimum Gasteiger partial charge on any atom is -0.331 e. The fourth-order valence-corrected chi connectivity index (χ4v) is 0. The highest BCUT2D eigenvalue weighted by Crippen LogP contribution is 1.52. The highest BCUT2D eigenvalue weighted by Gasteiger charge is 1.57. The fourth-order valence-electron chi connectivity index (χ4n) is 0. The second kappa shape index (κ2) is 80.4. The van der Waals surface area contributed by atoms with E-state index in [0.717, 1.165) is 13.6 Å². The molecule has 0 unspecified atom stereocenters. The number of rotatable bonds is 1. The lowest BCUT2D eigenvalue weighted by molar-refractivity contribution is -0.445. The van der Waals surface area contributed by atoms with Gasteiger partial charge >= 0.3 is 0 Å². The van der Waals surface area contributed by atoms with Crippen molar-refractivity contribution in [3.63, 3.8) is 0 Å². The number of allylic oxidation sites excluding steroid dienone is 2. The van der Waals surface area contributed by atoms with Crippen LogP contribution in [0.5, 0.6) is 0 Å². The van der Waals surface area contributed by atoms with Gasteiger partial charge in [0.25, 0.3) is 0 Å². The van der Waals surface area contributed by atoms with Crippen molar-refractivity contribution in [2.75, 3.05) is 13.6 Å². The lowest BCUT2D eigenvalue weighted by Crippen LogP contribution is -1.87. The maximum Gasteiger partial charge on any atom is 0.194 e. The third kappa shape index (κ3) is 7980. The maximum atomic E-state index is 8.81. The first-order valence-electron chi connectivity index (χ1n) is 4.58. The molecule has 4 nitrogen and oxygen atoms in total. The minimum absolute atomic E-state index is 0.500. The molecule has 0 aromatic carbocycles. The molecule has 2 N–H and O–H groups in total. The van der Waals surface area contributed by atoms with Gasteiger partial charge in [0.2, 0.25) is 0 Å². The van der Waals surface area contributed by atoms with Crippen molar-refractivity contribution in [1.29, 1.82) is 0 Å². The molecule has 0 aliphatic carbocycles. The van der Waals surface area contributed by atoms with Crippen LogP contribution in [0.1, 0.15) is 20.8 Å². The average Bonchev–Trinajstić information content (AvgIpc) is 2.24. The van der Waals surface area contributed by atoms with Crippen molar-refractivity contribution >= 4 is 0 Å². The summed E-state index contributed by atoms with van der Waals surface area (Å²) in [5, 5.41) is 8.81. The Kier molecular flexibility index (Phi) is 157. The normalized spacial score (nSPS) is 4.87. The van der Waals surface area contributed by atoms with Gasteiger partial charge in [0, 0.05) is 4.92 Å². The summed E-state index contributed by atoms with van der Waals surface area (Å²) >= 11 is 0. The van der Waals surface area contributed by atoms with Gasteiger partial charge in [0.1, 0.15) is 0 Å². The third-order valence-electron chi connectivity index (χ3n) is 0.167. The molecule has 0 radical (unpaired) electrons.